The summed E-state index contributed by atoms with van der Waals surface area (Å²) < 4.78 is 19.0. The number of fused-ring (bicyclic) bond motifs is 1. The topological polar surface area (TPSA) is 134 Å². The van der Waals surface area contributed by atoms with E-state index in [1.807, 2.05) is 34.9 Å². The second-order valence-corrected chi connectivity index (χ2v) is 9.82. The number of nitrogens with two attached hydrogens (primary N) is 1. The lowest BCUT2D eigenvalue weighted by Crippen LogP contribution is -2.51. The van der Waals surface area contributed by atoms with Crippen LogP contribution in [0.2, 0.25) is 0 Å². The smallest absolute Gasteiger partial charge is 0.409 e. The SMILES string of the molecule is C.CC(C)(N)C(=O)N[C@H](COCc1ccccc1)c1nnc2n1C(COC(=O)N1CCOCC1)CCC2. The normalized spacial score (nSPS) is 18.4. The second-order valence-electron chi connectivity index (χ2n) is 9.82. The number of carbonyl (C=O) groups excluding carboxylic acids is 2. The Bertz CT molecular complexity index is 1020. The Hall–Kier alpha value is -3.02. The third-order valence-corrected chi connectivity index (χ3v) is 6.36. The lowest BCUT2D eigenvalue weighted by Gasteiger charge is -2.31. The molecule has 1 unspecified atom stereocenters. The first-order valence-electron chi connectivity index (χ1n) is 12.5. The Balaban J connectivity index is 0.00000380. The lowest BCUT2D eigenvalue weighted by atomic mass is 10.0. The first-order chi connectivity index (χ1) is 17.3. The highest BCUT2D eigenvalue weighted by Gasteiger charge is 2.33. The van der Waals surface area contributed by atoms with Gasteiger partial charge in [-0.15, -0.1) is 10.2 Å². The molecule has 2 aliphatic rings. The number of carbonyl (C=O) groups is 2. The summed E-state index contributed by atoms with van der Waals surface area (Å²) in [6.45, 7) is 6.15. The van der Waals surface area contributed by atoms with Crippen LogP contribution >= 0.6 is 0 Å². The van der Waals surface area contributed by atoms with Gasteiger partial charge in [-0.3, -0.25) is 4.79 Å². The first kappa shape index (κ1) is 28.5. The van der Waals surface area contributed by atoms with Gasteiger partial charge in [0.05, 0.1) is 38.0 Å². The Morgan fingerprint density at radius 2 is 1.95 bits per heavy atom. The van der Waals surface area contributed by atoms with Crippen molar-refractivity contribution < 1.29 is 23.8 Å². The molecule has 0 bridgehead atoms. The fourth-order valence-corrected chi connectivity index (χ4v) is 4.32. The maximum absolute atomic E-state index is 12.8. The van der Waals surface area contributed by atoms with Gasteiger partial charge >= 0.3 is 6.09 Å². The predicted molar refractivity (Wildman–Crippen MR) is 138 cm³/mol. The zero-order valence-electron chi connectivity index (χ0n) is 21.0. The maximum atomic E-state index is 12.8. The van der Waals surface area contributed by atoms with Crippen LogP contribution < -0.4 is 11.1 Å². The molecule has 2 atom stereocenters. The minimum absolute atomic E-state index is 0. The molecule has 0 aliphatic carbocycles. The zero-order chi connectivity index (χ0) is 25.5. The van der Waals surface area contributed by atoms with Gasteiger partial charge in [-0.25, -0.2) is 4.79 Å². The number of morpholine rings is 1. The van der Waals surface area contributed by atoms with Crippen LogP contribution in [0.5, 0.6) is 0 Å². The van der Waals surface area contributed by atoms with Crippen LogP contribution in [0.1, 0.15) is 63.4 Å². The van der Waals surface area contributed by atoms with Crippen LogP contribution in [0.3, 0.4) is 0 Å². The third kappa shape index (κ3) is 7.50. The second kappa shape index (κ2) is 13.0. The zero-order valence-corrected chi connectivity index (χ0v) is 21.0. The van der Waals surface area contributed by atoms with Crippen LogP contribution in [0.4, 0.5) is 4.79 Å². The summed E-state index contributed by atoms with van der Waals surface area (Å²) in [6.07, 6.45) is 2.13. The van der Waals surface area contributed by atoms with Crippen LogP contribution in [-0.2, 0) is 32.0 Å². The van der Waals surface area contributed by atoms with E-state index < -0.39 is 11.6 Å². The van der Waals surface area contributed by atoms with Gasteiger partial charge in [0.25, 0.3) is 0 Å². The highest BCUT2D eigenvalue weighted by atomic mass is 16.6. The molecule has 1 saturated heterocycles. The number of nitrogens with one attached hydrogen (secondary N) is 1. The molecule has 204 valence electrons. The Morgan fingerprint density at radius 3 is 2.65 bits per heavy atom. The van der Waals surface area contributed by atoms with Crippen molar-refractivity contribution in [2.24, 2.45) is 5.73 Å². The molecule has 11 nitrogen and oxygen atoms in total. The van der Waals surface area contributed by atoms with Crippen molar-refractivity contribution in [3.63, 3.8) is 0 Å². The Morgan fingerprint density at radius 1 is 1.22 bits per heavy atom. The van der Waals surface area contributed by atoms with E-state index in [1.54, 1.807) is 18.7 Å². The quantitative estimate of drug-likeness (QED) is 0.519. The molecular formula is C26H40N6O5. The molecule has 1 aromatic carbocycles. The number of benzene rings is 1. The van der Waals surface area contributed by atoms with E-state index in [9.17, 15) is 9.59 Å². The molecule has 0 spiro atoms. The summed E-state index contributed by atoms with van der Waals surface area (Å²) in [5.74, 6) is 1.06. The van der Waals surface area contributed by atoms with Crippen LogP contribution in [0.15, 0.2) is 30.3 Å². The van der Waals surface area contributed by atoms with E-state index in [1.165, 1.54) is 0 Å². The summed E-state index contributed by atoms with van der Waals surface area (Å²) in [4.78, 5) is 27.0. The molecule has 2 aliphatic heterocycles. The van der Waals surface area contributed by atoms with Crippen molar-refractivity contribution in [2.75, 3.05) is 39.5 Å². The van der Waals surface area contributed by atoms with E-state index >= 15 is 0 Å². The minimum atomic E-state index is -1.07. The summed E-state index contributed by atoms with van der Waals surface area (Å²) in [5.41, 5.74) is 6.00. The van der Waals surface area contributed by atoms with Crippen molar-refractivity contribution in [1.29, 1.82) is 0 Å². The largest absolute Gasteiger partial charge is 0.447 e. The monoisotopic (exact) mass is 516 g/mol. The average Bonchev–Trinajstić information content (AvgIpc) is 3.32. The predicted octanol–water partition coefficient (Wildman–Crippen LogP) is 2.37. The number of ether oxygens (including phenoxy) is 3. The van der Waals surface area contributed by atoms with Crippen LogP contribution in [0.25, 0.3) is 0 Å². The molecule has 37 heavy (non-hydrogen) atoms. The van der Waals surface area contributed by atoms with E-state index in [0.717, 1.165) is 30.7 Å². The number of hydrogen-bond acceptors (Lipinski definition) is 8. The molecule has 4 rings (SSSR count). The molecule has 1 fully saturated rings. The van der Waals surface area contributed by atoms with Crippen molar-refractivity contribution in [1.82, 2.24) is 25.0 Å². The number of nitrogens with zero attached hydrogens (tertiary/aromatic N) is 4. The van der Waals surface area contributed by atoms with Crippen molar-refractivity contribution >= 4 is 12.0 Å². The average molecular weight is 517 g/mol. The molecule has 1 aromatic heterocycles. The molecule has 3 N–H and O–H groups in total. The van der Waals surface area contributed by atoms with Gasteiger partial charge < -0.3 is 34.7 Å². The highest BCUT2D eigenvalue weighted by Crippen LogP contribution is 2.29. The van der Waals surface area contributed by atoms with Crippen molar-refractivity contribution in [2.45, 2.75) is 64.8 Å². The van der Waals surface area contributed by atoms with E-state index in [2.05, 4.69) is 15.5 Å². The summed E-state index contributed by atoms with van der Waals surface area (Å²) in [6, 6.07) is 9.11. The molecule has 3 heterocycles. The van der Waals surface area contributed by atoms with Crippen molar-refractivity contribution in [3.8, 4) is 0 Å². The third-order valence-electron chi connectivity index (χ3n) is 6.36. The van der Waals surface area contributed by atoms with E-state index in [0.29, 0.717) is 38.7 Å². The fourth-order valence-electron chi connectivity index (χ4n) is 4.32. The highest BCUT2D eigenvalue weighted by molar-refractivity contribution is 5.85. The van der Waals surface area contributed by atoms with Gasteiger partial charge in [0.2, 0.25) is 5.91 Å². The van der Waals surface area contributed by atoms with Crippen molar-refractivity contribution in [3.05, 3.63) is 47.5 Å². The summed E-state index contributed by atoms with van der Waals surface area (Å²) >= 11 is 0. The number of aromatic nitrogens is 3. The number of hydrogen-bond donors (Lipinski definition) is 2. The minimum Gasteiger partial charge on any atom is -0.447 e. The Labute approximate surface area is 218 Å². The standard InChI is InChI=1S/C25H36N6O5.CH4/c1-25(2,26)23(32)27-20(17-35-15-18-7-4-3-5-8-18)22-29-28-21-10-6-9-19(31(21)22)16-36-24(33)30-11-13-34-14-12-30;/h3-5,7-8,19-20H,6,9-17,26H2,1-2H3,(H,27,32);1H4/t19?,20-;/m1./s1. The van der Waals surface area contributed by atoms with Gasteiger partial charge in [-0.05, 0) is 32.3 Å². The molecule has 2 amide bonds. The lowest BCUT2D eigenvalue weighted by molar-refractivity contribution is -0.126. The van der Waals surface area contributed by atoms with E-state index in [-0.39, 0.29) is 38.7 Å². The van der Waals surface area contributed by atoms with Crippen LogP contribution in [0, 0.1) is 0 Å². The number of aryl methyl sites for hydroxylation is 1. The van der Waals surface area contributed by atoms with Gasteiger partial charge in [-0.2, -0.15) is 0 Å². The molecule has 0 saturated carbocycles. The van der Waals surface area contributed by atoms with Gasteiger partial charge in [0, 0.05) is 19.5 Å². The Kier molecular flexibility index (Phi) is 10.0. The summed E-state index contributed by atoms with van der Waals surface area (Å²) in [7, 11) is 0. The number of amides is 2. The number of rotatable bonds is 9. The van der Waals surface area contributed by atoms with Gasteiger partial charge in [-0.1, -0.05) is 37.8 Å². The fraction of sp³-hybridized carbons (Fsp3) is 0.615. The maximum Gasteiger partial charge on any atom is 0.409 e. The molecule has 0 radical (unpaired) electrons. The van der Waals surface area contributed by atoms with Gasteiger partial charge in [0.1, 0.15) is 18.5 Å². The van der Waals surface area contributed by atoms with Crippen LogP contribution in [-0.4, -0.2) is 76.7 Å². The van der Waals surface area contributed by atoms with Gasteiger partial charge in [0.15, 0.2) is 5.82 Å². The molecular weight excluding hydrogens is 476 g/mol. The molecule has 2 aromatic rings. The van der Waals surface area contributed by atoms with E-state index in [4.69, 9.17) is 19.9 Å². The molecule has 11 heteroatoms. The summed E-state index contributed by atoms with van der Waals surface area (Å²) in [5, 5.41) is 11.8. The first-order valence-corrected chi connectivity index (χ1v) is 12.5.